The van der Waals surface area contributed by atoms with Crippen molar-refractivity contribution in [1.29, 1.82) is 0 Å². The molecule has 6 nitrogen and oxygen atoms in total. The monoisotopic (exact) mass is 454 g/mol. The Labute approximate surface area is 189 Å². The van der Waals surface area contributed by atoms with Crippen LogP contribution in [0.4, 0.5) is 0 Å². The quantitative estimate of drug-likeness (QED) is 0.515. The maximum atomic E-state index is 13.8. The molecule has 0 unspecified atom stereocenters. The summed E-state index contributed by atoms with van der Waals surface area (Å²) in [6.45, 7) is 2.94. The van der Waals surface area contributed by atoms with E-state index in [0.717, 1.165) is 24.0 Å². The molecule has 0 spiro atoms. The molecule has 3 atom stereocenters. The normalized spacial score (nSPS) is 22.2. The standard InChI is InChI=1S/C25H30N2O4S/c1-4-18-17-26(2)23(15-20(18)16-25(28)31-3)24-14-19-10-8-9-13-22(19)27(24)32(29,30)21-11-6-5-7-12-21/h5-14,18,20,23H,4,15-17H2,1-3H3/t18-,20+,23+/m1/s1. The van der Waals surface area contributed by atoms with E-state index in [1.54, 1.807) is 24.3 Å². The molecular weight excluding hydrogens is 424 g/mol. The topological polar surface area (TPSA) is 68.6 Å². The van der Waals surface area contributed by atoms with Gasteiger partial charge in [0.25, 0.3) is 10.0 Å². The second-order valence-corrected chi connectivity index (χ2v) is 10.4. The Morgan fingerprint density at radius 2 is 1.75 bits per heavy atom. The van der Waals surface area contributed by atoms with Gasteiger partial charge in [-0.15, -0.1) is 0 Å². The van der Waals surface area contributed by atoms with Crippen molar-refractivity contribution >= 4 is 26.9 Å². The summed E-state index contributed by atoms with van der Waals surface area (Å²) in [6, 6.07) is 18.0. The Hall–Kier alpha value is -2.64. The fourth-order valence-corrected chi connectivity index (χ4v) is 6.60. The Morgan fingerprint density at radius 3 is 2.44 bits per heavy atom. The molecule has 2 aromatic carbocycles. The van der Waals surface area contributed by atoms with Crippen molar-refractivity contribution < 1.29 is 17.9 Å². The van der Waals surface area contributed by atoms with E-state index in [1.807, 2.05) is 43.4 Å². The van der Waals surface area contributed by atoms with Crippen LogP contribution in [-0.4, -0.2) is 44.0 Å². The lowest BCUT2D eigenvalue weighted by Gasteiger charge is -2.42. The highest BCUT2D eigenvalue weighted by molar-refractivity contribution is 7.90. The third kappa shape index (κ3) is 4.07. The highest BCUT2D eigenvalue weighted by Crippen LogP contribution is 2.41. The zero-order valence-corrected chi connectivity index (χ0v) is 19.6. The van der Waals surface area contributed by atoms with Crippen LogP contribution in [0, 0.1) is 11.8 Å². The molecule has 0 aliphatic carbocycles. The summed E-state index contributed by atoms with van der Waals surface area (Å²) < 4.78 is 34.0. The van der Waals surface area contributed by atoms with Gasteiger partial charge in [0.15, 0.2) is 0 Å². The zero-order chi connectivity index (χ0) is 22.9. The molecule has 0 saturated carbocycles. The Balaban J connectivity index is 1.84. The molecule has 32 heavy (non-hydrogen) atoms. The van der Waals surface area contributed by atoms with E-state index < -0.39 is 10.0 Å². The summed E-state index contributed by atoms with van der Waals surface area (Å²) in [4.78, 5) is 14.6. The lowest BCUT2D eigenvalue weighted by atomic mass is 9.78. The molecule has 1 saturated heterocycles. The number of piperidine rings is 1. The number of rotatable bonds is 6. The van der Waals surface area contributed by atoms with E-state index in [1.165, 1.54) is 11.1 Å². The molecule has 0 radical (unpaired) electrons. The van der Waals surface area contributed by atoms with Gasteiger partial charge in [0, 0.05) is 18.4 Å². The van der Waals surface area contributed by atoms with Crippen molar-refractivity contribution in [2.75, 3.05) is 20.7 Å². The predicted molar refractivity (Wildman–Crippen MR) is 125 cm³/mol. The number of methoxy groups -OCH3 is 1. The molecule has 3 aromatic rings. The molecule has 7 heteroatoms. The number of fused-ring (bicyclic) bond motifs is 1. The number of likely N-dealkylation sites (tertiary alicyclic amines) is 1. The zero-order valence-electron chi connectivity index (χ0n) is 18.8. The largest absolute Gasteiger partial charge is 0.469 e. The van der Waals surface area contributed by atoms with Crippen molar-refractivity contribution in [3.8, 4) is 0 Å². The number of para-hydroxylation sites is 1. The molecule has 0 amide bonds. The number of carbonyl (C=O) groups is 1. The lowest BCUT2D eigenvalue weighted by Crippen LogP contribution is -2.42. The predicted octanol–water partition coefficient (Wildman–Crippen LogP) is 4.46. The summed E-state index contributed by atoms with van der Waals surface area (Å²) in [7, 11) is -0.334. The van der Waals surface area contributed by atoms with Gasteiger partial charge in [-0.3, -0.25) is 9.69 Å². The van der Waals surface area contributed by atoms with Gasteiger partial charge < -0.3 is 4.74 Å². The van der Waals surface area contributed by atoms with Crippen molar-refractivity contribution in [2.45, 2.75) is 37.1 Å². The third-order valence-electron chi connectivity index (χ3n) is 6.74. The maximum Gasteiger partial charge on any atom is 0.305 e. The van der Waals surface area contributed by atoms with Gasteiger partial charge in [0.1, 0.15) is 0 Å². The number of nitrogens with zero attached hydrogens (tertiary/aromatic N) is 2. The van der Waals surface area contributed by atoms with Crippen LogP contribution in [0.15, 0.2) is 65.6 Å². The van der Waals surface area contributed by atoms with E-state index in [0.29, 0.717) is 24.3 Å². The van der Waals surface area contributed by atoms with Crippen LogP contribution in [0.2, 0.25) is 0 Å². The number of hydrogen-bond acceptors (Lipinski definition) is 5. The minimum Gasteiger partial charge on any atom is -0.469 e. The summed E-state index contributed by atoms with van der Waals surface area (Å²) in [5.41, 5.74) is 1.41. The Morgan fingerprint density at radius 1 is 1.06 bits per heavy atom. The first kappa shape index (κ1) is 22.6. The average Bonchev–Trinajstić information content (AvgIpc) is 3.20. The van der Waals surface area contributed by atoms with E-state index in [-0.39, 0.29) is 22.8 Å². The van der Waals surface area contributed by atoms with Crippen LogP contribution in [-0.2, 0) is 19.6 Å². The van der Waals surface area contributed by atoms with Crippen molar-refractivity contribution in [2.24, 2.45) is 11.8 Å². The first-order chi connectivity index (χ1) is 15.4. The van der Waals surface area contributed by atoms with Crippen LogP contribution in [0.1, 0.15) is 37.9 Å². The van der Waals surface area contributed by atoms with Crippen LogP contribution in [0.25, 0.3) is 10.9 Å². The third-order valence-corrected chi connectivity index (χ3v) is 8.50. The van der Waals surface area contributed by atoms with Crippen LogP contribution in [0.5, 0.6) is 0 Å². The smallest absolute Gasteiger partial charge is 0.305 e. The molecule has 4 rings (SSSR count). The molecule has 1 aromatic heterocycles. The number of hydrogen-bond donors (Lipinski definition) is 0. The fourth-order valence-electron chi connectivity index (χ4n) is 5.01. The van der Waals surface area contributed by atoms with Gasteiger partial charge in [0.2, 0.25) is 0 Å². The van der Waals surface area contributed by atoms with Gasteiger partial charge in [-0.25, -0.2) is 12.4 Å². The summed E-state index contributed by atoms with van der Waals surface area (Å²) in [5.74, 6) is 0.285. The lowest BCUT2D eigenvalue weighted by molar-refractivity contribution is -0.143. The maximum absolute atomic E-state index is 13.8. The van der Waals surface area contributed by atoms with Crippen molar-refractivity contribution in [1.82, 2.24) is 8.87 Å². The first-order valence-electron chi connectivity index (χ1n) is 11.0. The average molecular weight is 455 g/mol. The Kier molecular flexibility index (Phi) is 6.40. The number of aromatic nitrogens is 1. The van der Waals surface area contributed by atoms with E-state index in [4.69, 9.17) is 4.74 Å². The number of benzene rings is 2. The summed E-state index contributed by atoms with van der Waals surface area (Å²) in [5, 5.41) is 0.887. The van der Waals surface area contributed by atoms with E-state index in [2.05, 4.69) is 11.8 Å². The molecule has 1 fully saturated rings. The van der Waals surface area contributed by atoms with Crippen molar-refractivity contribution in [3.63, 3.8) is 0 Å². The second kappa shape index (κ2) is 9.08. The highest BCUT2D eigenvalue weighted by Gasteiger charge is 2.38. The minimum atomic E-state index is -3.79. The molecule has 1 aliphatic heterocycles. The van der Waals surface area contributed by atoms with Gasteiger partial charge >= 0.3 is 5.97 Å². The van der Waals surface area contributed by atoms with Gasteiger partial charge in [-0.1, -0.05) is 49.7 Å². The van der Waals surface area contributed by atoms with Crippen molar-refractivity contribution in [3.05, 3.63) is 66.4 Å². The number of ether oxygens (including phenoxy) is 1. The van der Waals surface area contributed by atoms with Gasteiger partial charge in [0.05, 0.1) is 29.3 Å². The molecular formula is C25H30N2O4S. The SMILES string of the molecule is CC[C@@H]1CN(C)[C@H](c2cc3ccccc3n2S(=O)(=O)c2ccccc2)C[C@H]1CC(=O)OC. The molecule has 0 bridgehead atoms. The van der Waals surface area contributed by atoms with Crippen LogP contribution in [0.3, 0.4) is 0 Å². The summed E-state index contributed by atoms with van der Waals surface area (Å²) in [6.07, 6.45) is 2.01. The fraction of sp³-hybridized carbons (Fsp3) is 0.400. The first-order valence-corrected chi connectivity index (χ1v) is 12.5. The molecule has 0 N–H and O–H groups in total. The van der Waals surface area contributed by atoms with Crippen LogP contribution < -0.4 is 0 Å². The number of carbonyl (C=O) groups excluding carboxylic acids is 1. The minimum absolute atomic E-state index is 0.127. The van der Waals surface area contributed by atoms with Crippen LogP contribution >= 0.6 is 0 Å². The molecule has 2 heterocycles. The second-order valence-electron chi connectivity index (χ2n) is 8.61. The van der Waals surface area contributed by atoms with Gasteiger partial charge in [-0.2, -0.15) is 0 Å². The highest BCUT2D eigenvalue weighted by atomic mass is 32.2. The molecule has 170 valence electrons. The molecule has 1 aliphatic rings. The Bertz CT molecular complexity index is 1200. The summed E-state index contributed by atoms with van der Waals surface area (Å²) >= 11 is 0. The van der Waals surface area contributed by atoms with E-state index >= 15 is 0 Å². The van der Waals surface area contributed by atoms with Gasteiger partial charge in [-0.05, 0) is 49.6 Å². The van der Waals surface area contributed by atoms with E-state index in [9.17, 15) is 13.2 Å². The number of esters is 1.